The molecule has 2 saturated heterocycles. The molecule has 1 saturated carbocycles. The Balaban J connectivity index is 1.40. The maximum atomic E-state index is 14.6. The van der Waals surface area contributed by atoms with E-state index in [0.29, 0.717) is 45.4 Å². The Kier molecular flexibility index (Phi) is 11.5. The van der Waals surface area contributed by atoms with Crippen molar-refractivity contribution in [2.24, 2.45) is 11.8 Å². The van der Waals surface area contributed by atoms with Gasteiger partial charge in [0, 0.05) is 32.0 Å². The van der Waals surface area contributed by atoms with Gasteiger partial charge in [0.05, 0.1) is 31.9 Å². The molecular formula is C30H45FN4O6. The predicted molar refractivity (Wildman–Crippen MR) is 150 cm³/mol. The quantitative estimate of drug-likeness (QED) is 0.285. The molecule has 1 aromatic carbocycles. The Hall–Kier alpha value is -2.60. The van der Waals surface area contributed by atoms with E-state index in [4.69, 9.17) is 4.74 Å². The third-order valence-corrected chi connectivity index (χ3v) is 8.74. The van der Waals surface area contributed by atoms with Crippen molar-refractivity contribution in [1.29, 1.82) is 0 Å². The van der Waals surface area contributed by atoms with E-state index in [2.05, 4.69) is 15.5 Å². The van der Waals surface area contributed by atoms with Gasteiger partial charge in [-0.05, 0) is 43.7 Å². The molecule has 7 atom stereocenters. The largest absolute Gasteiger partial charge is 0.393 e. The number of morpholine rings is 1. The molecule has 0 aromatic heterocycles. The van der Waals surface area contributed by atoms with Crippen LogP contribution in [-0.4, -0.2) is 114 Å². The molecule has 4 N–H and O–H groups in total. The molecule has 3 aliphatic rings. The van der Waals surface area contributed by atoms with Gasteiger partial charge in [-0.25, -0.2) is 4.39 Å². The molecule has 4 rings (SSSR count). The molecule has 3 amide bonds. The number of nitrogens with one attached hydrogen (secondary N) is 2. The van der Waals surface area contributed by atoms with E-state index >= 15 is 0 Å². The first-order valence-corrected chi connectivity index (χ1v) is 15.0. The first kappa shape index (κ1) is 31.3. The number of carbonyl (C=O) groups is 3. The zero-order valence-electron chi connectivity index (χ0n) is 23.9. The van der Waals surface area contributed by atoms with Crippen molar-refractivity contribution in [3.8, 4) is 0 Å². The van der Waals surface area contributed by atoms with Crippen LogP contribution in [0.25, 0.3) is 0 Å². The molecule has 0 radical (unpaired) electrons. The minimum atomic E-state index is -1.68. The number of aliphatic hydroxyl groups excluding tert-OH is 2. The van der Waals surface area contributed by atoms with Crippen LogP contribution in [-0.2, 0) is 25.5 Å². The molecule has 41 heavy (non-hydrogen) atoms. The second-order valence-corrected chi connectivity index (χ2v) is 11.7. The highest BCUT2D eigenvalue weighted by atomic mass is 19.1. The summed E-state index contributed by atoms with van der Waals surface area (Å²) in [5, 5.41) is 27.3. The fourth-order valence-corrected chi connectivity index (χ4v) is 6.19. The molecule has 2 aliphatic heterocycles. The van der Waals surface area contributed by atoms with Crippen LogP contribution >= 0.6 is 0 Å². The van der Waals surface area contributed by atoms with Crippen molar-refractivity contribution in [2.75, 3.05) is 45.9 Å². The van der Waals surface area contributed by atoms with E-state index in [-0.39, 0.29) is 31.2 Å². The van der Waals surface area contributed by atoms with Crippen LogP contribution in [0.4, 0.5) is 4.39 Å². The summed E-state index contributed by atoms with van der Waals surface area (Å²) in [6, 6.07) is 7.16. The molecular weight excluding hydrogens is 531 g/mol. The summed E-state index contributed by atoms with van der Waals surface area (Å²) < 4.78 is 19.9. The third-order valence-electron chi connectivity index (χ3n) is 8.74. The van der Waals surface area contributed by atoms with Crippen molar-refractivity contribution >= 4 is 17.7 Å². The first-order valence-electron chi connectivity index (χ1n) is 15.0. The van der Waals surface area contributed by atoms with Gasteiger partial charge >= 0.3 is 0 Å². The molecule has 2 heterocycles. The fourth-order valence-electron chi connectivity index (χ4n) is 6.19. The van der Waals surface area contributed by atoms with Crippen LogP contribution in [0, 0.1) is 11.8 Å². The van der Waals surface area contributed by atoms with Crippen LogP contribution in [0.1, 0.15) is 44.6 Å². The second-order valence-electron chi connectivity index (χ2n) is 11.7. The van der Waals surface area contributed by atoms with Gasteiger partial charge in [-0.3, -0.25) is 19.3 Å². The van der Waals surface area contributed by atoms with E-state index in [1.165, 1.54) is 0 Å². The van der Waals surface area contributed by atoms with Crippen LogP contribution in [0.3, 0.4) is 0 Å². The molecule has 0 bridgehead atoms. The Morgan fingerprint density at radius 2 is 1.85 bits per heavy atom. The number of alkyl halides is 1. The monoisotopic (exact) mass is 576 g/mol. The first-order chi connectivity index (χ1) is 19.7. The lowest BCUT2D eigenvalue weighted by atomic mass is 9.77. The Morgan fingerprint density at radius 3 is 2.59 bits per heavy atom. The summed E-state index contributed by atoms with van der Waals surface area (Å²) in [6.45, 7) is 5.82. The predicted octanol–water partition coefficient (Wildman–Crippen LogP) is 0.649. The van der Waals surface area contributed by atoms with Crippen LogP contribution in [0.5, 0.6) is 0 Å². The zero-order valence-corrected chi connectivity index (χ0v) is 23.9. The summed E-state index contributed by atoms with van der Waals surface area (Å²) in [5.41, 5.74) is 0.806. The summed E-state index contributed by atoms with van der Waals surface area (Å²) in [6.07, 6.45) is -0.943. The van der Waals surface area contributed by atoms with E-state index < -0.39 is 48.2 Å². The Labute approximate surface area is 241 Å². The van der Waals surface area contributed by atoms with Crippen molar-refractivity contribution in [2.45, 2.75) is 75.9 Å². The number of hydrogen-bond donors (Lipinski definition) is 4. The highest BCUT2D eigenvalue weighted by Crippen LogP contribution is 2.30. The number of hydrogen-bond acceptors (Lipinski definition) is 7. The smallest absolute Gasteiger partial charge is 0.254 e. The van der Waals surface area contributed by atoms with Crippen molar-refractivity contribution < 1.29 is 33.7 Å². The van der Waals surface area contributed by atoms with Gasteiger partial charge in [-0.2, -0.15) is 0 Å². The number of likely N-dealkylation sites (tertiary alicyclic amines) is 1. The summed E-state index contributed by atoms with van der Waals surface area (Å²) in [5.74, 6) is -2.25. The van der Waals surface area contributed by atoms with Gasteiger partial charge in [0.1, 0.15) is 12.2 Å². The SMILES string of the molecule is CC1C(O)CCCC1C(=O)N[C@@H](Cc1ccccc1)[C@H](O)C(=O)N1C[C@@H](F)C[C@H]1C(=O)NCCCN1CCOCC1. The summed E-state index contributed by atoms with van der Waals surface area (Å²) >= 11 is 0. The molecule has 3 fully saturated rings. The number of amides is 3. The Morgan fingerprint density at radius 1 is 1.12 bits per heavy atom. The van der Waals surface area contributed by atoms with Crippen molar-refractivity contribution in [3.05, 3.63) is 35.9 Å². The van der Waals surface area contributed by atoms with Crippen molar-refractivity contribution in [3.63, 3.8) is 0 Å². The molecule has 0 spiro atoms. The van der Waals surface area contributed by atoms with E-state index in [1.54, 1.807) is 0 Å². The van der Waals surface area contributed by atoms with Gasteiger partial charge < -0.3 is 30.5 Å². The lowest BCUT2D eigenvalue weighted by Gasteiger charge is -2.35. The normalized spacial score (nSPS) is 28.6. The maximum Gasteiger partial charge on any atom is 0.254 e. The zero-order chi connectivity index (χ0) is 29.4. The van der Waals surface area contributed by atoms with Crippen LogP contribution in [0.15, 0.2) is 30.3 Å². The number of carbonyl (C=O) groups excluding carboxylic acids is 3. The number of aliphatic hydroxyl groups is 2. The lowest BCUT2D eigenvalue weighted by Crippen LogP contribution is -2.57. The highest BCUT2D eigenvalue weighted by molar-refractivity contribution is 5.91. The number of benzene rings is 1. The van der Waals surface area contributed by atoms with E-state index in [0.717, 1.165) is 30.1 Å². The van der Waals surface area contributed by atoms with Gasteiger partial charge in [-0.1, -0.05) is 43.7 Å². The van der Waals surface area contributed by atoms with Crippen LogP contribution in [0.2, 0.25) is 0 Å². The molecule has 228 valence electrons. The molecule has 11 heteroatoms. The maximum absolute atomic E-state index is 14.6. The number of nitrogens with zero attached hydrogens (tertiary/aromatic N) is 2. The fraction of sp³-hybridized carbons (Fsp3) is 0.700. The van der Waals surface area contributed by atoms with Gasteiger partial charge in [-0.15, -0.1) is 0 Å². The molecule has 3 unspecified atom stereocenters. The van der Waals surface area contributed by atoms with E-state index in [9.17, 15) is 29.0 Å². The number of ether oxygens (including phenoxy) is 1. The standard InChI is InChI=1S/C30H45FN4O6/c1-20-23(9-5-10-26(20)36)28(38)33-24(17-21-7-3-2-4-8-21)27(37)30(40)35-19-22(31)18-25(35)29(39)32-11-6-12-34-13-15-41-16-14-34/h2-4,7-8,20,22-27,36-37H,5-6,9-19H2,1H3,(H,32,39)(H,33,38)/t20?,22-,23?,24-,25-,26?,27-/m0/s1. The molecule has 1 aromatic rings. The minimum Gasteiger partial charge on any atom is -0.393 e. The second kappa shape index (κ2) is 15.0. The van der Waals surface area contributed by atoms with Gasteiger partial charge in [0.2, 0.25) is 11.8 Å². The number of rotatable bonds is 11. The average molecular weight is 577 g/mol. The Bertz CT molecular complexity index is 1010. The van der Waals surface area contributed by atoms with Gasteiger partial charge in [0.15, 0.2) is 6.10 Å². The third kappa shape index (κ3) is 8.47. The summed E-state index contributed by atoms with van der Waals surface area (Å²) in [7, 11) is 0. The highest BCUT2D eigenvalue weighted by Gasteiger charge is 2.44. The number of halogens is 1. The summed E-state index contributed by atoms with van der Waals surface area (Å²) in [4.78, 5) is 43.2. The van der Waals surface area contributed by atoms with E-state index in [1.807, 2.05) is 37.3 Å². The molecule has 1 aliphatic carbocycles. The van der Waals surface area contributed by atoms with Crippen molar-refractivity contribution in [1.82, 2.24) is 20.4 Å². The topological polar surface area (TPSA) is 131 Å². The average Bonchev–Trinajstić information content (AvgIpc) is 3.38. The minimum absolute atomic E-state index is 0.138. The lowest BCUT2D eigenvalue weighted by molar-refractivity contribution is -0.147. The van der Waals surface area contributed by atoms with Gasteiger partial charge in [0.25, 0.3) is 5.91 Å². The molecule has 10 nitrogen and oxygen atoms in total. The van der Waals surface area contributed by atoms with Crippen LogP contribution < -0.4 is 10.6 Å².